The zero-order chi connectivity index (χ0) is 14.1. The summed E-state index contributed by atoms with van der Waals surface area (Å²) < 4.78 is 0. The Kier molecular flexibility index (Phi) is 4.18. The van der Waals surface area contributed by atoms with Gasteiger partial charge in [0.2, 0.25) is 0 Å². The predicted molar refractivity (Wildman–Crippen MR) is 84.4 cm³/mol. The van der Waals surface area contributed by atoms with Crippen LogP contribution >= 0.6 is 11.6 Å². The molecule has 2 heterocycles. The molecule has 3 rings (SSSR count). The van der Waals surface area contributed by atoms with E-state index in [1.807, 2.05) is 6.20 Å². The number of hydrogen-bond donors (Lipinski definition) is 1. The molecule has 3 nitrogen and oxygen atoms in total. The van der Waals surface area contributed by atoms with Gasteiger partial charge < -0.3 is 10.2 Å². The zero-order valence-corrected chi connectivity index (χ0v) is 13.2. The molecule has 110 valence electrons. The van der Waals surface area contributed by atoms with E-state index in [0.29, 0.717) is 12.1 Å². The lowest BCUT2D eigenvalue weighted by molar-refractivity contribution is 0.620. The van der Waals surface area contributed by atoms with Crippen molar-refractivity contribution < 1.29 is 0 Å². The Balaban J connectivity index is 1.75. The molecule has 2 fully saturated rings. The van der Waals surface area contributed by atoms with Gasteiger partial charge in [0.05, 0.1) is 5.02 Å². The SMILES string of the molecule is CCC1CCC(C)N1c1ncc(CNC2CC2)cc1Cl. The van der Waals surface area contributed by atoms with Gasteiger partial charge in [0.25, 0.3) is 0 Å². The monoisotopic (exact) mass is 293 g/mol. The van der Waals surface area contributed by atoms with Crippen molar-refractivity contribution in [3.8, 4) is 0 Å². The molecule has 1 saturated carbocycles. The third-order valence-corrected chi connectivity index (χ3v) is 4.83. The second kappa shape index (κ2) is 5.90. The molecule has 0 radical (unpaired) electrons. The highest BCUT2D eigenvalue weighted by Gasteiger charge is 2.31. The van der Waals surface area contributed by atoms with E-state index in [-0.39, 0.29) is 0 Å². The molecule has 1 aromatic rings. The van der Waals surface area contributed by atoms with Crippen molar-refractivity contribution >= 4 is 17.4 Å². The molecule has 0 amide bonds. The average Bonchev–Trinajstić information content (AvgIpc) is 3.20. The Hall–Kier alpha value is -0.800. The van der Waals surface area contributed by atoms with Crippen LogP contribution in [-0.4, -0.2) is 23.1 Å². The van der Waals surface area contributed by atoms with Gasteiger partial charge in [-0.15, -0.1) is 0 Å². The van der Waals surface area contributed by atoms with Crippen molar-refractivity contribution in [2.45, 2.75) is 70.6 Å². The minimum Gasteiger partial charge on any atom is -0.350 e. The number of pyridine rings is 1. The van der Waals surface area contributed by atoms with Crippen molar-refractivity contribution in [1.29, 1.82) is 0 Å². The first kappa shape index (κ1) is 14.2. The quantitative estimate of drug-likeness (QED) is 0.896. The summed E-state index contributed by atoms with van der Waals surface area (Å²) in [5.74, 6) is 0.971. The number of rotatable bonds is 5. The number of halogens is 1. The first-order valence-corrected chi connectivity index (χ1v) is 8.23. The van der Waals surface area contributed by atoms with E-state index in [2.05, 4.69) is 35.1 Å². The van der Waals surface area contributed by atoms with Gasteiger partial charge in [0.15, 0.2) is 0 Å². The fraction of sp³-hybridized carbons (Fsp3) is 0.688. The van der Waals surface area contributed by atoms with Crippen LogP contribution in [0.5, 0.6) is 0 Å². The second-order valence-corrected chi connectivity index (χ2v) is 6.61. The van der Waals surface area contributed by atoms with Gasteiger partial charge in [-0.2, -0.15) is 0 Å². The lowest BCUT2D eigenvalue weighted by Crippen LogP contribution is -2.35. The van der Waals surface area contributed by atoms with E-state index < -0.39 is 0 Å². The molecule has 1 aromatic heterocycles. The topological polar surface area (TPSA) is 28.2 Å². The molecule has 20 heavy (non-hydrogen) atoms. The van der Waals surface area contributed by atoms with Crippen molar-refractivity contribution in [3.05, 3.63) is 22.8 Å². The maximum atomic E-state index is 6.50. The van der Waals surface area contributed by atoms with Crippen molar-refractivity contribution in [2.24, 2.45) is 0 Å². The summed E-state index contributed by atoms with van der Waals surface area (Å²) in [6, 6.07) is 3.93. The number of nitrogens with one attached hydrogen (secondary N) is 1. The molecule has 2 atom stereocenters. The molecule has 2 aliphatic rings. The highest BCUT2D eigenvalue weighted by atomic mass is 35.5. The first-order valence-electron chi connectivity index (χ1n) is 7.85. The summed E-state index contributed by atoms with van der Waals surface area (Å²) >= 11 is 6.50. The molecule has 0 bridgehead atoms. The third kappa shape index (κ3) is 2.94. The van der Waals surface area contributed by atoms with Gasteiger partial charge >= 0.3 is 0 Å². The van der Waals surface area contributed by atoms with Crippen LogP contribution in [0.4, 0.5) is 5.82 Å². The first-order chi connectivity index (χ1) is 9.69. The number of hydrogen-bond acceptors (Lipinski definition) is 3. The molecule has 1 aliphatic carbocycles. The zero-order valence-electron chi connectivity index (χ0n) is 12.4. The Morgan fingerprint density at radius 2 is 2.15 bits per heavy atom. The fourth-order valence-electron chi connectivity index (χ4n) is 3.16. The van der Waals surface area contributed by atoms with E-state index >= 15 is 0 Å². The van der Waals surface area contributed by atoms with Gasteiger partial charge in [-0.3, -0.25) is 0 Å². The average molecular weight is 294 g/mol. The number of aromatic nitrogens is 1. The molecule has 0 aromatic carbocycles. The van der Waals surface area contributed by atoms with Gasteiger partial charge in [-0.1, -0.05) is 18.5 Å². The summed E-state index contributed by atoms with van der Waals surface area (Å²) in [6.07, 6.45) is 8.25. The second-order valence-electron chi connectivity index (χ2n) is 6.20. The summed E-state index contributed by atoms with van der Waals surface area (Å²) in [4.78, 5) is 7.08. The lowest BCUT2D eigenvalue weighted by Gasteiger charge is -2.30. The Labute approximate surface area is 126 Å². The third-order valence-electron chi connectivity index (χ3n) is 4.55. The molecule has 2 unspecified atom stereocenters. The molecule has 1 saturated heterocycles. The van der Waals surface area contributed by atoms with Gasteiger partial charge in [-0.05, 0) is 50.7 Å². The van der Waals surface area contributed by atoms with Crippen LogP contribution in [0.3, 0.4) is 0 Å². The molecular formula is C16H24ClN3. The van der Waals surface area contributed by atoms with Gasteiger partial charge in [0.1, 0.15) is 5.82 Å². The standard InChI is InChI=1S/C16H24ClN3/c1-3-14-7-4-11(2)20(14)16-15(17)8-12(10-19-16)9-18-13-5-6-13/h8,10-11,13-14,18H,3-7,9H2,1-2H3. The van der Waals surface area contributed by atoms with Crippen LogP contribution in [0.25, 0.3) is 0 Å². The number of nitrogens with zero attached hydrogens (tertiary/aromatic N) is 2. The Morgan fingerprint density at radius 3 is 2.80 bits per heavy atom. The van der Waals surface area contributed by atoms with Crippen LogP contribution in [0.2, 0.25) is 5.02 Å². The maximum Gasteiger partial charge on any atom is 0.147 e. The van der Waals surface area contributed by atoms with Crippen molar-refractivity contribution in [1.82, 2.24) is 10.3 Å². The van der Waals surface area contributed by atoms with Crippen LogP contribution < -0.4 is 10.2 Å². The smallest absolute Gasteiger partial charge is 0.147 e. The normalized spacial score (nSPS) is 26.2. The van der Waals surface area contributed by atoms with E-state index in [0.717, 1.165) is 29.8 Å². The molecular weight excluding hydrogens is 270 g/mol. The van der Waals surface area contributed by atoms with Crippen LogP contribution in [-0.2, 0) is 6.54 Å². The Bertz CT molecular complexity index is 473. The lowest BCUT2D eigenvalue weighted by atomic mass is 10.1. The summed E-state index contributed by atoms with van der Waals surface area (Å²) in [6.45, 7) is 5.40. The van der Waals surface area contributed by atoms with E-state index in [4.69, 9.17) is 11.6 Å². The summed E-state index contributed by atoms with van der Waals surface area (Å²) in [5, 5.41) is 4.30. The molecule has 1 N–H and O–H groups in total. The van der Waals surface area contributed by atoms with Crippen molar-refractivity contribution in [3.63, 3.8) is 0 Å². The minimum atomic E-state index is 0.542. The summed E-state index contributed by atoms with van der Waals surface area (Å²) in [7, 11) is 0. The van der Waals surface area contributed by atoms with Crippen LogP contribution in [0.15, 0.2) is 12.3 Å². The minimum absolute atomic E-state index is 0.542. The van der Waals surface area contributed by atoms with Crippen molar-refractivity contribution in [2.75, 3.05) is 4.90 Å². The molecule has 0 spiro atoms. The van der Waals surface area contributed by atoms with Gasteiger partial charge in [-0.25, -0.2) is 4.98 Å². The fourth-order valence-corrected chi connectivity index (χ4v) is 3.45. The number of anilines is 1. The van der Waals surface area contributed by atoms with E-state index in [9.17, 15) is 0 Å². The summed E-state index contributed by atoms with van der Waals surface area (Å²) in [5.41, 5.74) is 1.19. The van der Waals surface area contributed by atoms with Crippen LogP contribution in [0.1, 0.15) is 51.5 Å². The largest absolute Gasteiger partial charge is 0.350 e. The van der Waals surface area contributed by atoms with Crippen LogP contribution in [0, 0.1) is 0 Å². The highest BCUT2D eigenvalue weighted by Crippen LogP contribution is 2.35. The molecule has 1 aliphatic heterocycles. The van der Waals surface area contributed by atoms with E-state index in [1.165, 1.54) is 31.2 Å². The maximum absolute atomic E-state index is 6.50. The Morgan fingerprint density at radius 1 is 1.35 bits per heavy atom. The molecule has 4 heteroatoms. The highest BCUT2D eigenvalue weighted by molar-refractivity contribution is 6.33. The van der Waals surface area contributed by atoms with E-state index in [1.54, 1.807) is 0 Å². The predicted octanol–water partition coefficient (Wildman–Crippen LogP) is 3.75. The van der Waals surface area contributed by atoms with Gasteiger partial charge in [0, 0.05) is 30.9 Å².